The molecular formula is C11H11BrN2O3. The van der Waals surface area contributed by atoms with Gasteiger partial charge in [0.1, 0.15) is 6.04 Å². The summed E-state index contributed by atoms with van der Waals surface area (Å²) in [6.07, 6.45) is 0. The number of amides is 1. The van der Waals surface area contributed by atoms with Crippen molar-refractivity contribution in [1.29, 1.82) is 0 Å². The van der Waals surface area contributed by atoms with E-state index in [-0.39, 0.29) is 19.0 Å². The van der Waals surface area contributed by atoms with E-state index in [4.69, 9.17) is 5.11 Å². The van der Waals surface area contributed by atoms with Gasteiger partial charge in [0.2, 0.25) is 5.91 Å². The van der Waals surface area contributed by atoms with Gasteiger partial charge in [-0.3, -0.25) is 9.69 Å². The molecule has 17 heavy (non-hydrogen) atoms. The van der Waals surface area contributed by atoms with Crippen LogP contribution in [0, 0.1) is 0 Å². The zero-order valence-corrected chi connectivity index (χ0v) is 10.5. The van der Waals surface area contributed by atoms with Gasteiger partial charge in [0.25, 0.3) is 0 Å². The van der Waals surface area contributed by atoms with Crippen molar-refractivity contribution in [1.82, 2.24) is 5.32 Å². The van der Waals surface area contributed by atoms with Crippen LogP contribution in [-0.4, -0.2) is 36.1 Å². The second-order valence-electron chi connectivity index (χ2n) is 3.73. The lowest BCUT2D eigenvalue weighted by atomic mass is 10.1. The number of carbonyl (C=O) groups is 2. The lowest BCUT2D eigenvalue weighted by Crippen LogP contribution is -2.58. The van der Waals surface area contributed by atoms with Crippen molar-refractivity contribution >= 4 is 33.5 Å². The van der Waals surface area contributed by atoms with Gasteiger partial charge >= 0.3 is 5.97 Å². The van der Waals surface area contributed by atoms with Crippen molar-refractivity contribution in [2.24, 2.45) is 0 Å². The summed E-state index contributed by atoms with van der Waals surface area (Å²) in [5, 5.41) is 11.9. The maximum absolute atomic E-state index is 11.8. The molecule has 1 amide bonds. The lowest BCUT2D eigenvalue weighted by molar-refractivity contribution is -0.140. The summed E-state index contributed by atoms with van der Waals surface area (Å²) in [6, 6.07) is 6.16. The van der Waals surface area contributed by atoms with Gasteiger partial charge in [0.05, 0.1) is 6.54 Å². The van der Waals surface area contributed by atoms with E-state index in [1.54, 1.807) is 24.3 Å². The molecule has 2 N–H and O–H groups in total. The highest BCUT2D eigenvalue weighted by Gasteiger charge is 2.33. The Bertz CT molecular complexity index is 447. The van der Waals surface area contributed by atoms with Crippen LogP contribution in [0.25, 0.3) is 0 Å². The number of carboxylic acid groups (broad SMARTS) is 1. The Balaban J connectivity index is 2.34. The van der Waals surface area contributed by atoms with Crippen LogP contribution >= 0.6 is 15.9 Å². The first-order valence-electron chi connectivity index (χ1n) is 5.11. The summed E-state index contributed by atoms with van der Waals surface area (Å²) in [5.41, 5.74) is 0.604. The number of hydrogen-bond donors (Lipinski definition) is 2. The van der Waals surface area contributed by atoms with Gasteiger partial charge < -0.3 is 10.4 Å². The number of nitrogens with one attached hydrogen (secondary N) is 1. The number of aliphatic carboxylic acids is 1. The van der Waals surface area contributed by atoms with Crippen molar-refractivity contribution in [3.8, 4) is 0 Å². The number of carbonyl (C=O) groups excluding carboxylic acids is 1. The molecule has 1 aliphatic rings. The van der Waals surface area contributed by atoms with E-state index >= 15 is 0 Å². The number of carboxylic acids is 1. The molecule has 1 unspecified atom stereocenters. The molecule has 0 saturated carbocycles. The van der Waals surface area contributed by atoms with Gasteiger partial charge in [-0.25, -0.2) is 4.79 Å². The van der Waals surface area contributed by atoms with E-state index in [0.717, 1.165) is 4.47 Å². The van der Waals surface area contributed by atoms with Crippen molar-refractivity contribution < 1.29 is 14.7 Å². The Kier molecular flexibility index (Phi) is 3.44. The van der Waals surface area contributed by atoms with Crippen LogP contribution in [0.1, 0.15) is 0 Å². The van der Waals surface area contributed by atoms with E-state index in [0.29, 0.717) is 5.69 Å². The maximum atomic E-state index is 11.8. The fourth-order valence-corrected chi connectivity index (χ4v) is 2.05. The Labute approximate surface area is 107 Å². The highest BCUT2D eigenvalue weighted by atomic mass is 79.9. The molecule has 90 valence electrons. The smallest absolute Gasteiger partial charge is 0.328 e. The highest BCUT2D eigenvalue weighted by Crippen LogP contribution is 2.21. The zero-order chi connectivity index (χ0) is 12.4. The SMILES string of the molecule is O=C(O)C1CNCC(=O)N1c1ccc(Br)cc1. The maximum Gasteiger partial charge on any atom is 0.328 e. The summed E-state index contributed by atoms with van der Waals surface area (Å²) in [4.78, 5) is 24.2. The molecule has 1 aliphatic heterocycles. The fraction of sp³-hybridized carbons (Fsp3) is 0.273. The molecule has 0 aliphatic carbocycles. The standard InChI is InChI=1S/C11H11BrN2O3/c12-7-1-3-8(4-2-7)14-9(11(16)17)5-13-6-10(14)15/h1-4,9,13H,5-6H2,(H,16,17). The average Bonchev–Trinajstić information content (AvgIpc) is 2.30. The summed E-state index contributed by atoms with van der Waals surface area (Å²) >= 11 is 3.30. The van der Waals surface area contributed by atoms with Gasteiger partial charge in [-0.1, -0.05) is 15.9 Å². The van der Waals surface area contributed by atoms with Crippen LogP contribution in [0.3, 0.4) is 0 Å². The van der Waals surface area contributed by atoms with Crippen LogP contribution in [0.5, 0.6) is 0 Å². The minimum absolute atomic E-state index is 0.167. The Morgan fingerprint density at radius 1 is 1.41 bits per heavy atom. The van der Waals surface area contributed by atoms with Gasteiger partial charge in [0, 0.05) is 16.7 Å². The summed E-state index contributed by atoms with van der Waals surface area (Å²) in [7, 11) is 0. The Morgan fingerprint density at radius 3 is 2.65 bits per heavy atom. The largest absolute Gasteiger partial charge is 0.480 e. The van der Waals surface area contributed by atoms with Gasteiger partial charge in [-0.2, -0.15) is 0 Å². The third kappa shape index (κ3) is 2.48. The lowest BCUT2D eigenvalue weighted by Gasteiger charge is -2.33. The van der Waals surface area contributed by atoms with Crippen molar-refractivity contribution in [3.63, 3.8) is 0 Å². The summed E-state index contributed by atoms with van der Waals surface area (Å²) in [5.74, 6) is -1.24. The fourth-order valence-electron chi connectivity index (χ4n) is 1.79. The molecule has 5 nitrogen and oxygen atoms in total. The average molecular weight is 299 g/mol. The third-order valence-electron chi connectivity index (χ3n) is 2.58. The van der Waals surface area contributed by atoms with Crippen molar-refractivity contribution in [2.45, 2.75) is 6.04 Å². The van der Waals surface area contributed by atoms with E-state index in [1.165, 1.54) is 4.90 Å². The molecule has 0 bridgehead atoms. The predicted molar refractivity (Wildman–Crippen MR) is 65.9 cm³/mol. The minimum atomic E-state index is -1.01. The van der Waals surface area contributed by atoms with Crippen molar-refractivity contribution in [2.75, 3.05) is 18.0 Å². The van der Waals surface area contributed by atoms with Gasteiger partial charge in [0.15, 0.2) is 0 Å². The van der Waals surface area contributed by atoms with Crippen LogP contribution in [0.4, 0.5) is 5.69 Å². The molecule has 1 aromatic carbocycles. The Hall–Kier alpha value is -1.40. The normalized spacial score (nSPS) is 20.4. The second-order valence-corrected chi connectivity index (χ2v) is 4.64. The molecule has 1 aromatic rings. The minimum Gasteiger partial charge on any atom is -0.480 e. The second kappa shape index (κ2) is 4.85. The molecule has 1 atom stereocenters. The first-order valence-corrected chi connectivity index (χ1v) is 5.90. The first-order chi connectivity index (χ1) is 8.09. The number of benzene rings is 1. The van der Waals surface area contributed by atoms with Gasteiger partial charge in [-0.15, -0.1) is 0 Å². The summed E-state index contributed by atoms with van der Waals surface area (Å²) in [6.45, 7) is 0.428. The predicted octanol–water partition coefficient (Wildman–Crippen LogP) is 0.839. The van der Waals surface area contributed by atoms with Crippen LogP contribution < -0.4 is 10.2 Å². The molecule has 1 saturated heterocycles. The van der Waals surface area contributed by atoms with Gasteiger partial charge in [-0.05, 0) is 24.3 Å². The molecule has 1 heterocycles. The molecular weight excluding hydrogens is 288 g/mol. The number of rotatable bonds is 2. The summed E-state index contributed by atoms with van der Waals surface area (Å²) < 4.78 is 0.885. The van der Waals surface area contributed by atoms with E-state index < -0.39 is 12.0 Å². The zero-order valence-electron chi connectivity index (χ0n) is 8.89. The van der Waals surface area contributed by atoms with Crippen molar-refractivity contribution in [3.05, 3.63) is 28.7 Å². The van der Waals surface area contributed by atoms with E-state index in [9.17, 15) is 9.59 Å². The number of nitrogens with zero attached hydrogens (tertiary/aromatic N) is 1. The van der Waals surface area contributed by atoms with Crippen LogP contribution in [-0.2, 0) is 9.59 Å². The van der Waals surface area contributed by atoms with Crippen LogP contribution in [0.15, 0.2) is 28.7 Å². The van der Waals surface area contributed by atoms with Crippen LogP contribution in [0.2, 0.25) is 0 Å². The molecule has 0 radical (unpaired) electrons. The first kappa shape index (κ1) is 12.1. The molecule has 6 heteroatoms. The number of piperazine rings is 1. The number of halogens is 1. The molecule has 0 aromatic heterocycles. The number of anilines is 1. The van der Waals surface area contributed by atoms with E-state index in [2.05, 4.69) is 21.2 Å². The quantitative estimate of drug-likeness (QED) is 0.849. The molecule has 0 spiro atoms. The topological polar surface area (TPSA) is 69.6 Å². The monoisotopic (exact) mass is 298 g/mol. The molecule has 1 fully saturated rings. The Morgan fingerprint density at radius 2 is 2.06 bits per heavy atom. The molecule has 2 rings (SSSR count). The highest BCUT2D eigenvalue weighted by molar-refractivity contribution is 9.10. The number of hydrogen-bond acceptors (Lipinski definition) is 3. The van der Waals surface area contributed by atoms with E-state index in [1.807, 2.05) is 0 Å². The third-order valence-corrected chi connectivity index (χ3v) is 3.11.